The number of hydrogen-bond acceptors (Lipinski definition) is 4. The second-order valence-electron chi connectivity index (χ2n) is 8.69. The molecule has 4 rings (SSSR count). The van der Waals surface area contributed by atoms with Crippen molar-refractivity contribution in [3.63, 3.8) is 0 Å². The molecule has 1 fully saturated rings. The smallest absolute Gasteiger partial charge is 0.368 e. The Morgan fingerprint density at radius 1 is 0.946 bits per heavy atom. The zero-order valence-corrected chi connectivity index (χ0v) is 21.5. The number of carbonyl (C=O) groups is 1. The summed E-state index contributed by atoms with van der Waals surface area (Å²) in [6, 6.07) is 18.4. The first-order valence-corrected chi connectivity index (χ1v) is 13.3. The lowest BCUT2D eigenvalue weighted by atomic mass is 10.2. The molecular weight excluding hydrogens is 527 g/mol. The second kappa shape index (κ2) is 10.6. The van der Waals surface area contributed by atoms with E-state index in [2.05, 4.69) is 4.90 Å². The number of piperazine rings is 1. The lowest BCUT2D eigenvalue weighted by molar-refractivity contribution is -0.137. The number of hydrogen-bond donors (Lipinski definition) is 0. The Bertz CT molecular complexity index is 1360. The quantitative estimate of drug-likeness (QED) is 0.422. The number of nitrogens with zero attached hydrogens (tertiary/aromatic N) is 3. The van der Waals surface area contributed by atoms with Gasteiger partial charge < -0.3 is 9.80 Å². The van der Waals surface area contributed by atoms with Crippen LogP contribution in [0.4, 0.5) is 24.5 Å². The van der Waals surface area contributed by atoms with Crippen molar-refractivity contribution in [2.24, 2.45) is 0 Å². The maximum absolute atomic E-state index is 13.6. The van der Waals surface area contributed by atoms with Gasteiger partial charge in [0.2, 0.25) is 5.91 Å². The molecule has 3 aromatic rings. The molecule has 0 aromatic heterocycles. The SMILES string of the molecule is Cc1ccc(S(=O)(=O)N(CC(=O)N2CCN(c3ccccc3)CC2)c2ccc(Cl)c(C(F)(F)F)c2)cc1. The van der Waals surface area contributed by atoms with Gasteiger partial charge in [0, 0.05) is 31.9 Å². The van der Waals surface area contributed by atoms with Crippen molar-refractivity contribution in [3.05, 3.63) is 88.9 Å². The van der Waals surface area contributed by atoms with Gasteiger partial charge in [0.05, 0.1) is 21.2 Å². The van der Waals surface area contributed by atoms with E-state index in [1.807, 2.05) is 30.3 Å². The van der Waals surface area contributed by atoms with Crippen LogP contribution >= 0.6 is 11.6 Å². The van der Waals surface area contributed by atoms with Gasteiger partial charge in [-0.15, -0.1) is 0 Å². The number of amides is 1. The fourth-order valence-corrected chi connectivity index (χ4v) is 5.74. The number of benzene rings is 3. The number of para-hydroxylation sites is 1. The molecule has 37 heavy (non-hydrogen) atoms. The minimum absolute atomic E-state index is 0.136. The summed E-state index contributed by atoms with van der Waals surface area (Å²) in [5.74, 6) is -0.507. The van der Waals surface area contributed by atoms with Crippen LogP contribution in [-0.2, 0) is 21.0 Å². The van der Waals surface area contributed by atoms with Crippen molar-refractivity contribution in [1.29, 1.82) is 0 Å². The summed E-state index contributed by atoms with van der Waals surface area (Å²) >= 11 is 5.76. The van der Waals surface area contributed by atoms with Gasteiger partial charge in [-0.2, -0.15) is 13.2 Å². The van der Waals surface area contributed by atoms with Crippen LogP contribution in [0.2, 0.25) is 5.02 Å². The first kappa shape index (κ1) is 26.8. The molecule has 1 saturated heterocycles. The standard InChI is InChI=1S/C26H25ClF3N3O3S/c1-19-7-10-22(11-8-19)37(35,36)33(21-9-12-24(27)23(17-21)26(28,29)30)18-25(34)32-15-13-31(14-16-32)20-5-3-2-4-6-20/h2-12,17H,13-16,18H2,1H3. The molecule has 0 unspecified atom stereocenters. The third-order valence-corrected chi connectivity index (χ3v) is 8.30. The molecule has 1 aliphatic rings. The van der Waals surface area contributed by atoms with Gasteiger partial charge in [-0.1, -0.05) is 47.5 Å². The van der Waals surface area contributed by atoms with Crippen molar-refractivity contribution in [2.45, 2.75) is 18.0 Å². The molecule has 0 atom stereocenters. The normalized spacial score (nSPS) is 14.5. The van der Waals surface area contributed by atoms with Gasteiger partial charge >= 0.3 is 6.18 Å². The highest BCUT2D eigenvalue weighted by atomic mass is 35.5. The number of carbonyl (C=O) groups excluding carboxylic acids is 1. The van der Waals surface area contributed by atoms with Gasteiger partial charge in [-0.25, -0.2) is 8.42 Å². The van der Waals surface area contributed by atoms with E-state index in [0.717, 1.165) is 21.6 Å². The van der Waals surface area contributed by atoms with Gasteiger partial charge in [0.25, 0.3) is 10.0 Å². The molecule has 196 valence electrons. The molecule has 0 N–H and O–H groups in total. The van der Waals surface area contributed by atoms with Gasteiger partial charge in [0.15, 0.2) is 0 Å². The lowest BCUT2D eigenvalue weighted by Crippen LogP contribution is -2.52. The summed E-state index contributed by atoms with van der Waals surface area (Å²) in [6.45, 7) is 2.91. The Morgan fingerprint density at radius 2 is 1.57 bits per heavy atom. The molecule has 0 spiro atoms. The fraction of sp³-hybridized carbons (Fsp3) is 0.269. The maximum Gasteiger partial charge on any atom is 0.417 e. The highest BCUT2D eigenvalue weighted by molar-refractivity contribution is 7.92. The molecule has 1 aliphatic heterocycles. The number of sulfonamides is 1. The molecule has 0 saturated carbocycles. The summed E-state index contributed by atoms with van der Waals surface area (Å²) in [5, 5.41) is -0.563. The minimum Gasteiger partial charge on any atom is -0.368 e. The zero-order valence-electron chi connectivity index (χ0n) is 20.0. The molecule has 1 amide bonds. The van der Waals surface area contributed by atoms with Crippen LogP contribution in [0.25, 0.3) is 0 Å². The molecule has 0 radical (unpaired) electrons. The summed E-state index contributed by atoms with van der Waals surface area (Å²) in [4.78, 5) is 16.8. The monoisotopic (exact) mass is 551 g/mol. The topological polar surface area (TPSA) is 60.9 Å². The minimum atomic E-state index is -4.80. The van der Waals surface area contributed by atoms with E-state index in [1.54, 1.807) is 19.1 Å². The first-order valence-electron chi connectivity index (χ1n) is 11.5. The number of alkyl halides is 3. The Hall–Kier alpha value is -3.24. The van der Waals surface area contributed by atoms with Crippen molar-refractivity contribution < 1.29 is 26.4 Å². The van der Waals surface area contributed by atoms with Gasteiger partial charge in [-0.3, -0.25) is 9.10 Å². The fourth-order valence-electron chi connectivity index (χ4n) is 4.11. The zero-order chi connectivity index (χ0) is 26.8. The number of anilines is 2. The predicted molar refractivity (Wildman–Crippen MR) is 137 cm³/mol. The maximum atomic E-state index is 13.6. The van der Waals surface area contributed by atoms with Crippen LogP contribution in [0.1, 0.15) is 11.1 Å². The van der Waals surface area contributed by atoms with Crippen molar-refractivity contribution in [1.82, 2.24) is 4.90 Å². The largest absolute Gasteiger partial charge is 0.417 e. The molecule has 1 heterocycles. The summed E-state index contributed by atoms with van der Waals surface area (Å²) in [5.41, 5.74) is 0.344. The van der Waals surface area contributed by atoms with Crippen LogP contribution in [0.3, 0.4) is 0 Å². The Balaban J connectivity index is 1.62. The van der Waals surface area contributed by atoms with E-state index in [4.69, 9.17) is 11.6 Å². The summed E-state index contributed by atoms with van der Waals surface area (Å²) in [7, 11) is -4.37. The van der Waals surface area contributed by atoms with Crippen LogP contribution in [0.15, 0.2) is 77.7 Å². The van der Waals surface area contributed by atoms with E-state index in [1.165, 1.54) is 23.1 Å². The van der Waals surface area contributed by atoms with Gasteiger partial charge in [-0.05, 0) is 49.4 Å². The van der Waals surface area contributed by atoms with Crippen molar-refractivity contribution >= 4 is 38.9 Å². The lowest BCUT2D eigenvalue weighted by Gasteiger charge is -2.37. The number of halogens is 4. The van der Waals surface area contributed by atoms with Crippen LogP contribution in [0, 0.1) is 6.92 Å². The number of aryl methyl sites for hydroxylation is 1. The first-order chi connectivity index (χ1) is 17.5. The molecular formula is C26H25ClF3N3O3S. The van der Waals surface area contributed by atoms with Crippen LogP contribution < -0.4 is 9.21 Å². The third kappa shape index (κ3) is 6.02. The molecule has 6 nitrogen and oxygen atoms in total. The Labute approximate surface area is 218 Å². The van der Waals surface area contributed by atoms with Crippen LogP contribution in [-0.4, -0.2) is 51.9 Å². The highest BCUT2D eigenvalue weighted by Gasteiger charge is 2.36. The number of rotatable bonds is 6. The summed E-state index contributed by atoms with van der Waals surface area (Å²) < 4.78 is 68.5. The average molecular weight is 552 g/mol. The second-order valence-corrected chi connectivity index (χ2v) is 11.0. The predicted octanol–water partition coefficient (Wildman–Crippen LogP) is 5.21. The van der Waals surface area contributed by atoms with E-state index >= 15 is 0 Å². The van der Waals surface area contributed by atoms with Gasteiger partial charge in [0.1, 0.15) is 6.54 Å². The highest BCUT2D eigenvalue weighted by Crippen LogP contribution is 2.38. The van der Waals surface area contributed by atoms with Crippen molar-refractivity contribution in [2.75, 3.05) is 41.9 Å². The molecule has 3 aromatic carbocycles. The molecule has 11 heteroatoms. The average Bonchev–Trinajstić information content (AvgIpc) is 2.88. The van der Waals surface area contributed by atoms with Crippen molar-refractivity contribution in [3.8, 4) is 0 Å². The Morgan fingerprint density at radius 3 is 2.16 bits per heavy atom. The summed E-state index contributed by atoms with van der Waals surface area (Å²) in [6.07, 6.45) is -4.80. The Kier molecular flexibility index (Phi) is 7.70. The molecule has 0 aliphatic carbocycles. The van der Waals surface area contributed by atoms with E-state index in [9.17, 15) is 26.4 Å². The third-order valence-electron chi connectivity index (χ3n) is 6.18. The van der Waals surface area contributed by atoms with E-state index < -0.39 is 39.2 Å². The van der Waals surface area contributed by atoms with E-state index in [-0.39, 0.29) is 10.6 Å². The van der Waals surface area contributed by atoms with Crippen LogP contribution in [0.5, 0.6) is 0 Å². The van der Waals surface area contributed by atoms with E-state index in [0.29, 0.717) is 32.2 Å². The molecule has 0 bridgehead atoms.